The minimum Gasteiger partial charge on any atom is -0.457 e. The minimum atomic E-state index is -0.182. The highest BCUT2D eigenvalue weighted by Crippen LogP contribution is 2.26. The SMILES string of the molecule is Cc1cc(Oc2ccc(Nc3cc(-c4ccc(=O)[nH]c4)nc(N)n3)cc2)ccn1. The Bertz CT molecular complexity index is 1180. The summed E-state index contributed by atoms with van der Waals surface area (Å²) in [5, 5.41) is 3.20. The molecule has 0 fully saturated rings. The van der Waals surface area contributed by atoms with Crippen LogP contribution in [-0.2, 0) is 0 Å². The molecule has 0 aliphatic heterocycles. The second-order valence-electron chi connectivity index (χ2n) is 6.32. The van der Waals surface area contributed by atoms with E-state index in [1.165, 1.54) is 6.07 Å². The molecule has 0 saturated carbocycles. The number of aryl methyl sites for hydroxylation is 1. The summed E-state index contributed by atoms with van der Waals surface area (Å²) in [7, 11) is 0. The molecule has 8 nitrogen and oxygen atoms in total. The topological polar surface area (TPSA) is 119 Å². The van der Waals surface area contributed by atoms with Crippen molar-refractivity contribution in [2.24, 2.45) is 0 Å². The Morgan fingerprint density at radius 1 is 1.00 bits per heavy atom. The van der Waals surface area contributed by atoms with E-state index in [0.717, 1.165) is 22.7 Å². The smallest absolute Gasteiger partial charge is 0.247 e. The third kappa shape index (κ3) is 4.56. The van der Waals surface area contributed by atoms with Crippen LogP contribution in [0.15, 0.2) is 71.8 Å². The molecular weight excluding hydrogens is 368 g/mol. The van der Waals surface area contributed by atoms with Crippen LogP contribution in [0.25, 0.3) is 11.3 Å². The van der Waals surface area contributed by atoms with Crippen LogP contribution in [0.5, 0.6) is 11.5 Å². The molecule has 0 aliphatic carbocycles. The number of H-pyrrole nitrogens is 1. The molecule has 0 unspecified atom stereocenters. The van der Waals surface area contributed by atoms with E-state index >= 15 is 0 Å². The van der Waals surface area contributed by atoms with E-state index in [2.05, 4.69) is 25.3 Å². The maximum atomic E-state index is 11.2. The Kier molecular flexibility index (Phi) is 4.90. The maximum absolute atomic E-state index is 11.2. The van der Waals surface area contributed by atoms with Gasteiger partial charge in [0.15, 0.2) is 0 Å². The highest BCUT2D eigenvalue weighted by atomic mass is 16.5. The molecule has 4 aromatic rings. The van der Waals surface area contributed by atoms with Crippen molar-refractivity contribution in [1.82, 2.24) is 19.9 Å². The summed E-state index contributed by atoms with van der Waals surface area (Å²) in [4.78, 5) is 26.5. The lowest BCUT2D eigenvalue weighted by Crippen LogP contribution is -2.04. The van der Waals surface area contributed by atoms with Crippen molar-refractivity contribution in [1.29, 1.82) is 0 Å². The molecular formula is C21H18N6O2. The summed E-state index contributed by atoms with van der Waals surface area (Å²) < 4.78 is 5.83. The van der Waals surface area contributed by atoms with Gasteiger partial charge in [-0.2, -0.15) is 4.98 Å². The second kappa shape index (κ2) is 7.81. The molecule has 144 valence electrons. The Balaban J connectivity index is 1.51. The number of nitrogens with two attached hydrogens (primary N) is 1. The Labute approximate surface area is 166 Å². The third-order valence-corrected chi connectivity index (χ3v) is 4.05. The Hall–Kier alpha value is -4.20. The van der Waals surface area contributed by atoms with Crippen LogP contribution in [-0.4, -0.2) is 19.9 Å². The predicted molar refractivity (Wildman–Crippen MR) is 111 cm³/mol. The summed E-state index contributed by atoms with van der Waals surface area (Å²) >= 11 is 0. The Morgan fingerprint density at radius 2 is 1.83 bits per heavy atom. The first kappa shape index (κ1) is 18.2. The van der Waals surface area contributed by atoms with Crippen molar-refractivity contribution in [3.8, 4) is 22.8 Å². The first-order chi connectivity index (χ1) is 14.0. The van der Waals surface area contributed by atoms with E-state index in [1.807, 2.05) is 37.3 Å². The number of nitrogens with zero attached hydrogens (tertiary/aromatic N) is 3. The summed E-state index contributed by atoms with van der Waals surface area (Å²) in [6.07, 6.45) is 3.29. The zero-order chi connectivity index (χ0) is 20.2. The van der Waals surface area contributed by atoms with Crippen LogP contribution in [0, 0.1) is 6.92 Å². The fraction of sp³-hybridized carbons (Fsp3) is 0.0476. The molecule has 4 rings (SSSR count). The first-order valence-electron chi connectivity index (χ1n) is 8.86. The van der Waals surface area contributed by atoms with Gasteiger partial charge in [-0.15, -0.1) is 0 Å². The van der Waals surface area contributed by atoms with Gasteiger partial charge in [-0.25, -0.2) is 4.98 Å². The van der Waals surface area contributed by atoms with Crippen molar-refractivity contribution in [2.45, 2.75) is 6.92 Å². The summed E-state index contributed by atoms with van der Waals surface area (Å²) in [5.41, 5.74) is 8.70. The van der Waals surface area contributed by atoms with Crippen LogP contribution in [0.2, 0.25) is 0 Å². The van der Waals surface area contributed by atoms with Crippen LogP contribution in [0.1, 0.15) is 5.69 Å². The monoisotopic (exact) mass is 386 g/mol. The van der Waals surface area contributed by atoms with Gasteiger partial charge in [0, 0.05) is 47.5 Å². The van der Waals surface area contributed by atoms with Crippen molar-refractivity contribution < 1.29 is 4.74 Å². The Morgan fingerprint density at radius 3 is 2.55 bits per heavy atom. The van der Waals surface area contributed by atoms with E-state index in [4.69, 9.17) is 10.5 Å². The van der Waals surface area contributed by atoms with E-state index in [-0.39, 0.29) is 11.5 Å². The van der Waals surface area contributed by atoms with E-state index < -0.39 is 0 Å². The number of anilines is 3. The van der Waals surface area contributed by atoms with E-state index in [9.17, 15) is 4.79 Å². The van der Waals surface area contributed by atoms with Gasteiger partial charge in [0.05, 0.1) is 5.69 Å². The summed E-state index contributed by atoms with van der Waals surface area (Å²) in [6, 6.07) is 16.0. The van der Waals surface area contributed by atoms with Gasteiger partial charge in [0.1, 0.15) is 17.3 Å². The molecule has 0 aliphatic rings. The van der Waals surface area contributed by atoms with Crippen molar-refractivity contribution in [2.75, 3.05) is 11.1 Å². The number of nitrogens with one attached hydrogen (secondary N) is 2. The average Bonchev–Trinajstić information content (AvgIpc) is 2.70. The van der Waals surface area contributed by atoms with Crippen molar-refractivity contribution in [3.05, 3.63) is 83.0 Å². The molecule has 0 spiro atoms. The van der Waals surface area contributed by atoms with E-state index in [0.29, 0.717) is 17.3 Å². The van der Waals surface area contributed by atoms with E-state index in [1.54, 1.807) is 30.6 Å². The number of hydrogen-bond acceptors (Lipinski definition) is 7. The van der Waals surface area contributed by atoms with Gasteiger partial charge in [-0.1, -0.05) is 0 Å². The molecule has 1 aromatic carbocycles. The number of pyridine rings is 2. The molecule has 29 heavy (non-hydrogen) atoms. The minimum absolute atomic E-state index is 0.129. The highest BCUT2D eigenvalue weighted by Gasteiger charge is 2.06. The van der Waals surface area contributed by atoms with Gasteiger partial charge in [0.25, 0.3) is 0 Å². The van der Waals surface area contributed by atoms with Gasteiger partial charge in [-0.05, 0) is 43.3 Å². The molecule has 0 amide bonds. The number of rotatable bonds is 5. The van der Waals surface area contributed by atoms with Crippen LogP contribution < -0.4 is 21.3 Å². The van der Waals surface area contributed by atoms with Crippen LogP contribution >= 0.6 is 0 Å². The zero-order valence-corrected chi connectivity index (χ0v) is 15.6. The molecule has 0 atom stereocenters. The maximum Gasteiger partial charge on any atom is 0.247 e. The third-order valence-electron chi connectivity index (χ3n) is 4.05. The second-order valence-corrected chi connectivity index (χ2v) is 6.32. The van der Waals surface area contributed by atoms with Crippen molar-refractivity contribution >= 4 is 17.5 Å². The number of hydrogen-bond donors (Lipinski definition) is 3. The first-order valence-corrected chi connectivity index (χ1v) is 8.86. The summed E-state index contributed by atoms with van der Waals surface area (Å²) in [6.45, 7) is 1.91. The van der Waals surface area contributed by atoms with Gasteiger partial charge in [0.2, 0.25) is 11.5 Å². The van der Waals surface area contributed by atoms with Gasteiger partial charge in [-0.3, -0.25) is 9.78 Å². The number of benzene rings is 1. The fourth-order valence-electron chi connectivity index (χ4n) is 2.72. The molecule has 3 heterocycles. The molecule has 0 radical (unpaired) electrons. The molecule has 0 saturated heterocycles. The van der Waals surface area contributed by atoms with Crippen molar-refractivity contribution in [3.63, 3.8) is 0 Å². The quantitative estimate of drug-likeness (QED) is 0.479. The lowest BCUT2D eigenvalue weighted by Gasteiger charge is -2.10. The number of ether oxygens (including phenoxy) is 1. The molecule has 8 heteroatoms. The number of aromatic nitrogens is 4. The van der Waals surface area contributed by atoms with Gasteiger partial charge < -0.3 is 20.8 Å². The predicted octanol–water partition coefficient (Wildman–Crippen LogP) is 3.65. The normalized spacial score (nSPS) is 10.5. The van der Waals surface area contributed by atoms with Crippen LogP contribution in [0.4, 0.5) is 17.5 Å². The summed E-state index contributed by atoms with van der Waals surface area (Å²) in [5.74, 6) is 2.10. The zero-order valence-electron chi connectivity index (χ0n) is 15.6. The number of nitrogen functional groups attached to an aromatic ring is 1. The van der Waals surface area contributed by atoms with Crippen LogP contribution in [0.3, 0.4) is 0 Å². The lowest BCUT2D eigenvalue weighted by atomic mass is 10.2. The lowest BCUT2D eigenvalue weighted by molar-refractivity contribution is 0.481. The molecule has 4 N–H and O–H groups in total. The highest BCUT2D eigenvalue weighted by molar-refractivity contribution is 5.66. The molecule has 3 aromatic heterocycles. The largest absolute Gasteiger partial charge is 0.457 e. The standard InChI is InChI=1S/C21H18N6O2/c1-13-10-17(8-9-23-13)29-16-5-3-15(4-6-16)25-19-11-18(26-21(22)27-19)14-2-7-20(28)24-12-14/h2-12H,1H3,(H,24,28)(H3,22,25,26,27). The average molecular weight is 386 g/mol. The van der Waals surface area contributed by atoms with Gasteiger partial charge >= 0.3 is 0 Å². The number of aromatic amines is 1. The fourth-order valence-corrected chi connectivity index (χ4v) is 2.72. The molecule has 0 bridgehead atoms.